The number of hydrogen-bond acceptors (Lipinski definition) is 7. The van der Waals surface area contributed by atoms with Crippen LogP contribution in [0, 0.1) is 11.3 Å². The number of hydrogen-bond donors (Lipinski definition) is 1. The molecule has 2 aromatic rings. The van der Waals surface area contributed by atoms with Crippen LogP contribution in [-0.4, -0.2) is 45.8 Å². The Labute approximate surface area is 173 Å². The topological polar surface area (TPSA) is 118 Å². The number of nitrogens with zero attached hydrogens (tertiary/aromatic N) is 4. The first-order valence-electron chi connectivity index (χ1n) is 9.05. The number of nitrogens with one attached hydrogen (secondary N) is 1. The smallest absolute Gasteiger partial charge is 0.237 e. The van der Waals surface area contributed by atoms with E-state index in [-0.39, 0.29) is 23.3 Å². The summed E-state index contributed by atoms with van der Waals surface area (Å²) in [6, 6.07) is 8.72. The molecule has 1 aliphatic heterocycles. The van der Waals surface area contributed by atoms with E-state index in [1.54, 1.807) is 37.3 Å². The van der Waals surface area contributed by atoms with Gasteiger partial charge in [-0.3, -0.25) is 4.79 Å². The molecule has 1 aliphatic rings. The number of rotatable bonds is 7. The van der Waals surface area contributed by atoms with Crippen molar-refractivity contribution >= 4 is 33.2 Å². The van der Waals surface area contributed by atoms with Gasteiger partial charge in [0.1, 0.15) is 5.82 Å². The normalized spacial score (nSPS) is 18.7. The molecule has 1 N–H and O–H groups in total. The van der Waals surface area contributed by atoms with Crippen molar-refractivity contribution in [3.63, 3.8) is 0 Å². The van der Waals surface area contributed by atoms with Crippen molar-refractivity contribution in [1.82, 2.24) is 14.8 Å². The molecule has 0 radical (unpaired) electrons. The van der Waals surface area contributed by atoms with E-state index in [1.165, 1.54) is 11.8 Å². The quantitative estimate of drug-likeness (QED) is 0.528. The lowest BCUT2D eigenvalue weighted by molar-refractivity contribution is -0.115. The minimum Gasteiger partial charge on any atom is -0.325 e. The molecule has 0 unspecified atom stereocenters. The number of aromatic nitrogens is 3. The molecule has 1 aromatic heterocycles. The fourth-order valence-corrected chi connectivity index (χ4v) is 5.72. The molecule has 152 valence electrons. The van der Waals surface area contributed by atoms with Crippen LogP contribution in [0.2, 0.25) is 0 Å². The maximum Gasteiger partial charge on any atom is 0.237 e. The second-order valence-electron chi connectivity index (χ2n) is 6.78. The Kier molecular flexibility index (Phi) is 6.39. The Bertz CT molecular complexity index is 1070. The molecule has 10 heteroatoms. The molecular weight excluding hydrogens is 410 g/mol. The van der Waals surface area contributed by atoms with Gasteiger partial charge in [-0.2, -0.15) is 5.26 Å². The Morgan fingerprint density at radius 2 is 2.31 bits per heavy atom. The average Bonchev–Trinajstić information content (AvgIpc) is 3.25. The number of amides is 1. The summed E-state index contributed by atoms with van der Waals surface area (Å²) in [4.78, 5) is 12.6. The van der Waals surface area contributed by atoms with Crippen molar-refractivity contribution in [1.29, 1.82) is 5.26 Å². The van der Waals surface area contributed by atoms with Crippen molar-refractivity contribution < 1.29 is 13.2 Å². The number of allylic oxidation sites excluding steroid dienone is 1. The molecule has 8 nitrogen and oxygen atoms in total. The number of nitriles is 1. The van der Waals surface area contributed by atoms with Gasteiger partial charge in [0.25, 0.3) is 0 Å². The third-order valence-electron chi connectivity index (χ3n) is 4.57. The van der Waals surface area contributed by atoms with Crippen LogP contribution in [0.15, 0.2) is 42.1 Å². The van der Waals surface area contributed by atoms with E-state index in [0.717, 1.165) is 0 Å². The van der Waals surface area contributed by atoms with Crippen molar-refractivity contribution in [3.8, 4) is 6.07 Å². The fourth-order valence-electron chi connectivity index (χ4n) is 3.11. The Hall–Kier alpha value is -2.64. The van der Waals surface area contributed by atoms with Crippen LogP contribution in [0.5, 0.6) is 0 Å². The van der Waals surface area contributed by atoms with E-state index < -0.39 is 15.1 Å². The molecule has 29 heavy (non-hydrogen) atoms. The number of carbonyl (C=O) groups excluding carboxylic acids is 1. The van der Waals surface area contributed by atoms with Gasteiger partial charge in [-0.25, -0.2) is 8.42 Å². The highest BCUT2D eigenvalue weighted by atomic mass is 32.2. The summed E-state index contributed by atoms with van der Waals surface area (Å²) in [6.07, 6.45) is 2.21. The SMILES string of the molecule is C=CCn1c(S[C@@H](C)C(=O)Nc2cccc(C#N)c2)nnc1[C@H]1CCS(=O)(=O)C1. The molecule has 1 fully saturated rings. The molecular formula is C19H21N5O3S2. The zero-order valence-electron chi connectivity index (χ0n) is 15.9. The second-order valence-corrected chi connectivity index (χ2v) is 10.3. The number of sulfone groups is 1. The summed E-state index contributed by atoms with van der Waals surface area (Å²) in [6.45, 7) is 5.93. The van der Waals surface area contributed by atoms with E-state index in [1.807, 2.05) is 10.6 Å². The molecule has 0 aliphatic carbocycles. The molecule has 1 aromatic carbocycles. The highest BCUT2D eigenvalue weighted by Gasteiger charge is 2.33. The van der Waals surface area contributed by atoms with Crippen LogP contribution in [0.4, 0.5) is 5.69 Å². The van der Waals surface area contributed by atoms with Gasteiger partial charge < -0.3 is 9.88 Å². The minimum absolute atomic E-state index is 0.0677. The maximum atomic E-state index is 12.6. The summed E-state index contributed by atoms with van der Waals surface area (Å²) >= 11 is 1.24. The summed E-state index contributed by atoms with van der Waals surface area (Å²) in [7, 11) is -3.04. The average molecular weight is 432 g/mol. The zero-order chi connectivity index (χ0) is 21.0. The standard InChI is InChI=1S/C19H21N5O3S2/c1-3-8-24-17(15-7-9-29(26,27)12-15)22-23-19(24)28-13(2)18(25)21-16-6-4-5-14(10-16)11-20/h3-6,10,13,15H,1,7-9,12H2,2H3,(H,21,25)/t13-,15-/m0/s1. The summed E-state index contributed by atoms with van der Waals surface area (Å²) in [5.74, 6) is 0.408. The highest BCUT2D eigenvalue weighted by Crippen LogP contribution is 2.31. The van der Waals surface area contributed by atoms with Crippen LogP contribution < -0.4 is 5.32 Å². The van der Waals surface area contributed by atoms with Crippen molar-refractivity contribution in [2.75, 3.05) is 16.8 Å². The summed E-state index contributed by atoms with van der Waals surface area (Å²) in [5.41, 5.74) is 1.01. The molecule has 2 heterocycles. The lowest BCUT2D eigenvalue weighted by Crippen LogP contribution is -2.23. The van der Waals surface area contributed by atoms with Crippen LogP contribution in [0.3, 0.4) is 0 Å². The van der Waals surface area contributed by atoms with E-state index in [9.17, 15) is 13.2 Å². The fraction of sp³-hybridized carbons (Fsp3) is 0.368. The predicted octanol–water partition coefficient (Wildman–Crippen LogP) is 2.36. The minimum atomic E-state index is -3.04. The van der Waals surface area contributed by atoms with Gasteiger partial charge in [0.2, 0.25) is 5.91 Å². The molecule has 0 spiro atoms. The number of thioether (sulfide) groups is 1. The monoisotopic (exact) mass is 431 g/mol. The Balaban J connectivity index is 1.74. The first kappa shape index (κ1) is 21.1. The molecule has 0 saturated carbocycles. The van der Waals surface area contributed by atoms with Crippen LogP contribution in [0.1, 0.15) is 30.7 Å². The number of benzene rings is 1. The molecule has 0 bridgehead atoms. The van der Waals surface area contributed by atoms with Gasteiger partial charge in [-0.15, -0.1) is 16.8 Å². The van der Waals surface area contributed by atoms with Gasteiger partial charge in [-0.05, 0) is 31.5 Å². The molecule has 1 saturated heterocycles. The number of anilines is 1. The van der Waals surface area contributed by atoms with Crippen molar-refractivity contribution in [2.24, 2.45) is 0 Å². The molecule has 2 atom stereocenters. The van der Waals surface area contributed by atoms with E-state index in [0.29, 0.717) is 35.2 Å². The zero-order valence-corrected chi connectivity index (χ0v) is 17.5. The van der Waals surface area contributed by atoms with E-state index >= 15 is 0 Å². The Morgan fingerprint density at radius 1 is 1.52 bits per heavy atom. The van der Waals surface area contributed by atoms with Crippen molar-refractivity contribution in [2.45, 2.75) is 36.2 Å². The first-order valence-corrected chi connectivity index (χ1v) is 11.7. The van der Waals surface area contributed by atoms with Gasteiger partial charge >= 0.3 is 0 Å². The second kappa shape index (κ2) is 8.80. The van der Waals surface area contributed by atoms with E-state index in [2.05, 4.69) is 22.1 Å². The maximum absolute atomic E-state index is 12.6. The van der Waals surface area contributed by atoms with Crippen LogP contribution in [-0.2, 0) is 21.2 Å². The summed E-state index contributed by atoms with van der Waals surface area (Å²) < 4.78 is 25.5. The van der Waals surface area contributed by atoms with E-state index in [4.69, 9.17) is 5.26 Å². The Morgan fingerprint density at radius 3 is 2.97 bits per heavy atom. The lowest BCUT2D eigenvalue weighted by atomic mass is 10.1. The predicted molar refractivity (Wildman–Crippen MR) is 111 cm³/mol. The lowest BCUT2D eigenvalue weighted by Gasteiger charge is -2.14. The van der Waals surface area contributed by atoms with Gasteiger partial charge in [0.15, 0.2) is 15.0 Å². The van der Waals surface area contributed by atoms with Gasteiger partial charge in [0, 0.05) is 18.2 Å². The number of carbonyl (C=O) groups is 1. The van der Waals surface area contributed by atoms with Crippen LogP contribution >= 0.6 is 11.8 Å². The molecule has 3 rings (SSSR count). The van der Waals surface area contributed by atoms with Crippen molar-refractivity contribution in [3.05, 3.63) is 48.3 Å². The largest absolute Gasteiger partial charge is 0.325 e. The third-order valence-corrected chi connectivity index (χ3v) is 7.41. The van der Waals surface area contributed by atoms with Gasteiger partial charge in [-0.1, -0.05) is 23.9 Å². The molecule has 1 amide bonds. The van der Waals surface area contributed by atoms with Gasteiger partial charge in [0.05, 0.1) is 28.4 Å². The van der Waals surface area contributed by atoms with Crippen LogP contribution in [0.25, 0.3) is 0 Å². The highest BCUT2D eigenvalue weighted by molar-refractivity contribution is 8.00. The third kappa shape index (κ3) is 5.05. The first-order chi connectivity index (χ1) is 13.8. The summed E-state index contributed by atoms with van der Waals surface area (Å²) in [5, 5.41) is 20.2.